The van der Waals surface area contributed by atoms with E-state index in [1.54, 1.807) is 26.1 Å². The van der Waals surface area contributed by atoms with Crippen LogP contribution in [0, 0.1) is 11.7 Å². The third-order valence-electron chi connectivity index (χ3n) is 7.60. The summed E-state index contributed by atoms with van der Waals surface area (Å²) >= 11 is 0. The van der Waals surface area contributed by atoms with Crippen LogP contribution in [0.15, 0.2) is 24.3 Å². The topological polar surface area (TPSA) is 121 Å². The lowest BCUT2D eigenvalue weighted by Crippen LogP contribution is -2.78. The van der Waals surface area contributed by atoms with Gasteiger partial charge in [-0.3, -0.25) is 0 Å². The number of aliphatic hydroxyl groups is 4. The molecular formula is C24H36FNO7. The number of hydrogen-bond donors (Lipinski definition) is 5. The van der Waals surface area contributed by atoms with Crippen LogP contribution in [-0.2, 0) is 20.6 Å². The van der Waals surface area contributed by atoms with Crippen LogP contribution in [0.2, 0.25) is 0 Å². The van der Waals surface area contributed by atoms with Gasteiger partial charge in [-0.2, -0.15) is 0 Å². The Hall–Kier alpha value is -1.17. The molecule has 9 heteroatoms. The molecule has 1 aliphatic carbocycles. The molecule has 2 aliphatic heterocycles. The van der Waals surface area contributed by atoms with Crippen molar-refractivity contribution in [3.8, 4) is 0 Å². The minimum atomic E-state index is -2.18. The molecule has 1 aromatic rings. The minimum Gasteiger partial charge on any atom is -0.391 e. The van der Waals surface area contributed by atoms with Gasteiger partial charge in [-0.1, -0.05) is 19.1 Å². The molecule has 10 atom stereocenters. The molecule has 186 valence electrons. The molecule has 3 fully saturated rings. The maximum atomic E-state index is 13.2. The highest BCUT2D eigenvalue weighted by molar-refractivity contribution is 5.16. The summed E-state index contributed by atoms with van der Waals surface area (Å²) in [6, 6.07) is 5.56. The smallest absolute Gasteiger partial charge is 0.248 e. The summed E-state index contributed by atoms with van der Waals surface area (Å²) in [5.41, 5.74) is -0.764. The molecule has 1 saturated carbocycles. The summed E-state index contributed by atoms with van der Waals surface area (Å²) in [6.07, 6.45) is -3.44. The molecule has 1 aromatic carbocycles. The molecule has 0 aromatic heterocycles. The molecular weight excluding hydrogens is 433 g/mol. The van der Waals surface area contributed by atoms with Gasteiger partial charge in [0.1, 0.15) is 23.6 Å². The lowest BCUT2D eigenvalue weighted by atomic mass is 9.73. The summed E-state index contributed by atoms with van der Waals surface area (Å²) in [4.78, 5) is 0. The van der Waals surface area contributed by atoms with Crippen LogP contribution < -0.4 is 5.32 Å². The quantitative estimate of drug-likeness (QED) is 0.416. The van der Waals surface area contributed by atoms with Crippen molar-refractivity contribution in [1.82, 2.24) is 5.32 Å². The molecule has 8 nitrogen and oxygen atoms in total. The van der Waals surface area contributed by atoms with Gasteiger partial charge in [0.2, 0.25) is 12.1 Å². The number of hydrogen-bond acceptors (Lipinski definition) is 8. The van der Waals surface area contributed by atoms with E-state index in [-0.39, 0.29) is 18.7 Å². The highest BCUT2D eigenvalue weighted by atomic mass is 19.1. The summed E-state index contributed by atoms with van der Waals surface area (Å²) < 4.78 is 31.2. The van der Waals surface area contributed by atoms with E-state index < -0.39 is 60.2 Å². The number of nitrogens with one attached hydrogen (secondary N) is 1. The molecule has 33 heavy (non-hydrogen) atoms. The first-order valence-electron chi connectivity index (χ1n) is 11.8. The lowest BCUT2D eigenvalue weighted by Gasteiger charge is -2.60. The second-order valence-electron chi connectivity index (χ2n) is 9.74. The number of fused-ring (bicyclic) bond motifs is 2. The van der Waals surface area contributed by atoms with Crippen LogP contribution in [0.3, 0.4) is 0 Å². The Balaban J connectivity index is 1.56. The van der Waals surface area contributed by atoms with Gasteiger partial charge in [-0.05, 0) is 57.4 Å². The average molecular weight is 470 g/mol. The fourth-order valence-corrected chi connectivity index (χ4v) is 5.77. The number of aryl methyl sites for hydroxylation is 1. The molecule has 2 heterocycles. The van der Waals surface area contributed by atoms with Gasteiger partial charge in [0.25, 0.3) is 0 Å². The third kappa shape index (κ3) is 4.34. The Morgan fingerprint density at radius 2 is 1.79 bits per heavy atom. The Labute approximate surface area is 193 Å². The highest BCUT2D eigenvalue weighted by Crippen LogP contribution is 2.49. The van der Waals surface area contributed by atoms with E-state index in [2.05, 4.69) is 5.32 Å². The van der Waals surface area contributed by atoms with Crippen LogP contribution in [0.5, 0.6) is 0 Å². The predicted octanol–water partition coefficient (Wildman–Crippen LogP) is 0.837. The van der Waals surface area contributed by atoms with Crippen LogP contribution in [-0.4, -0.2) is 81.7 Å². The molecule has 0 radical (unpaired) electrons. The second-order valence-corrected chi connectivity index (χ2v) is 9.74. The molecule has 0 bridgehead atoms. The van der Waals surface area contributed by atoms with E-state index in [4.69, 9.17) is 14.2 Å². The van der Waals surface area contributed by atoms with Gasteiger partial charge >= 0.3 is 0 Å². The number of likely N-dealkylation sites (N-methyl/N-ethyl adjacent to an activating group) is 1. The zero-order chi connectivity index (χ0) is 24.0. The first-order chi connectivity index (χ1) is 15.6. The molecule has 5 N–H and O–H groups in total. The van der Waals surface area contributed by atoms with Crippen molar-refractivity contribution in [2.24, 2.45) is 5.92 Å². The predicted molar refractivity (Wildman–Crippen MR) is 117 cm³/mol. The van der Waals surface area contributed by atoms with Gasteiger partial charge in [-0.15, -0.1) is 0 Å². The van der Waals surface area contributed by atoms with Gasteiger partial charge in [0.15, 0.2) is 0 Å². The van der Waals surface area contributed by atoms with Gasteiger partial charge in [0, 0.05) is 12.3 Å². The highest BCUT2D eigenvalue weighted by Gasteiger charge is 2.68. The molecule has 2 saturated heterocycles. The number of ether oxygens (including phenoxy) is 3. The van der Waals surface area contributed by atoms with Crippen molar-refractivity contribution in [2.45, 2.75) is 100 Å². The summed E-state index contributed by atoms with van der Waals surface area (Å²) in [7, 11) is 1.67. The summed E-state index contributed by atoms with van der Waals surface area (Å²) in [5, 5.41) is 48.0. The van der Waals surface area contributed by atoms with Gasteiger partial charge in [0.05, 0.1) is 24.4 Å². The summed E-state index contributed by atoms with van der Waals surface area (Å²) in [6.45, 7) is 3.66. The molecule has 0 unspecified atom stereocenters. The molecule has 0 amide bonds. The average Bonchev–Trinajstić information content (AvgIpc) is 2.76. The third-order valence-corrected chi connectivity index (χ3v) is 7.60. The Kier molecular flexibility index (Phi) is 7.15. The Morgan fingerprint density at radius 3 is 2.42 bits per heavy atom. The SMILES string of the molecule is CC[C@@H]1[C@H](O)[C@H](NC)[C@H]2O[C@]3(O)[C@H](O[C@@H]2[C@H]1O)O[C@H](C)C[C@@]3(O)CCCc1ccc(F)cc1. The van der Waals surface area contributed by atoms with E-state index in [9.17, 15) is 24.8 Å². The maximum absolute atomic E-state index is 13.2. The number of aliphatic hydroxyl groups excluding tert-OH is 2. The monoisotopic (exact) mass is 469 g/mol. The van der Waals surface area contributed by atoms with E-state index in [1.807, 2.05) is 6.92 Å². The fraction of sp³-hybridized carbons (Fsp3) is 0.750. The van der Waals surface area contributed by atoms with Gasteiger partial charge < -0.3 is 40.0 Å². The van der Waals surface area contributed by atoms with Crippen molar-refractivity contribution < 1.29 is 39.0 Å². The van der Waals surface area contributed by atoms with Crippen LogP contribution in [0.1, 0.15) is 45.1 Å². The standard InChI is InChI=1S/C24H36FNO7/c1-4-16-18(27)17(26-3)20-21(19(16)28)32-22-24(30,33-20)23(29,12-13(2)31-22)11-5-6-14-7-9-15(25)10-8-14/h7-10,13,16-22,26-30H,4-6,11-12H2,1-3H3/t13-,16-,17+,18+,19+,20-,21-,22+,23+,24-/m1/s1. The Morgan fingerprint density at radius 1 is 1.09 bits per heavy atom. The second kappa shape index (κ2) is 9.47. The van der Waals surface area contributed by atoms with Crippen LogP contribution in [0.25, 0.3) is 0 Å². The van der Waals surface area contributed by atoms with Crippen molar-refractivity contribution in [1.29, 1.82) is 0 Å². The molecule has 3 aliphatic rings. The van der Waals surface area contributed by atoms with Crippen molar-refractivity contribution in [3.05, 3.63) is 35.6 Å². The zero-order valence-electron chi connectivity index (χ0n) is 19.4. The van der Waals surface area contributed by atoms with E-state index >= 15 is 0 Å². The largest absolute Gasteiger partial charge is 0.391 e. The van der Waals surface area contributed by atoms with Crippen molar-refractivity contribution >= 4 is 0 Å². The maximum Gasteiger partial charge on any atom is 0.248 e. The number of halogens is 1. The first kappa shape index (κ1) is 24.9. The minimum absolute atomic E-state index is 0.122. The van der Waals surface area contributed by atoms with Crippen molar-refractivity contribution in [3.63, 3.8) is 0 Å². The van der Waals surface area contributed by atoms with E-state index in [1.165, 1.54) is 12.1 Å². The number of rotatable bonds is 6. The molecule has 4 rings (SSSR count). The molecule has 0 spiro atoms. The first-order valence-corrected chi connectivity index (χ1v) is 11.8. The Bertz CT molecular complexity index is 813. The van der Waals surface area contributed by atoms with Crippen LogP contribution in [0.4, 0.5) is 4.39 Å². The lowest BCUT2D eigenvalue weighted by molar-refractivity contribution is -0.485. The van der Waals surface area contributed by atoms with Gasteiger partial charge in [-0.25, -0.2) is 4.39 Å². The normalized spacial score (nSPS) is 45.3. The van der Waals surface area contributed by atoms with E-state index in [0.29, 0.717) is 19.3 Å². The van der Waals surface area contributed by atoms with Crippen molar-refractivity contribution in [2.75, 3.05) is 7.05 Å². The number of benzene rings is 1. The summed E-state index contributed by atoms with van der Waals surface area (Å²) in [5.74, 6) is -2.93. The fourth-order valence-electron chi connectivity index (χ4n) is 5.77. The van der Waals surface area contributed by atoms with Crippen LogP contribution >= 0.6 is 0 Å². The zero-order valence-corrected chi connectivity index (χ0v) is 19.4. The van der Waals surface area contributed by atoms with E-state index in [0.717, 1.165) is 5.56 Å².